The van der Waals surface area contributed by atoms with Gasteiger partial charge in [-0.2, -0.15) is 0 Å². The number of carboxylic acids is 1. The summed E-state index contributed by atoms with van der Waals surface area (Å²) in [5, 5.41) is 10.1. The van der Waals surface area contributed by atoms with Gasteiger partial charge in [0.1, 0.15) is 22.8 Å². The number of hydrogen-bond donors (Lipinski definition) is 1. The Bertz CT molecular complexity index is 1160. The third kappa shape index (κ3) is 7.99. The second-order valence-corrected chi connectivity index (χ2v) is 12.4. The van der Waals surface area contributed by atoms with Crippen molar-refractivity contribution in [3.05, 3.63) is 59.2 Å². The van der Waals surface area contributed by atoms with Crippen LogP contribution in [0.2, 0.25) is 0 Å². The van der Waals surface area contributed by atoms with Crippen LogP contribution < -0.4 is 9.47 Å². The Morgan fingerprint density at radius 1 is 0.927 bits per heavy atom. The fourth-order valence-electron chi connectivity index (χ4n) is 6.72. The number of carbonyl (C=O) groups is 3. The van der Waals surface area contributed by atoms with Crippen LogP contribution in [0.25, 0.3) is 0 Å². The van der Waals surface area contributed by atoms with Gasteiger partial charge in [-0.1, -0.05) is 64.4 Å². The average Bonchev–Trinajstić information content (AvgIpc) is 2.91. The quantitative estimate of drug-likeness (QED) is 0.154. The predicted octanol–water partition coefficient (Wildman–Crippen LogP) is 8.06. The van der Waals surface area contributed by atoms with Crippen LogP contribution in [0.1, 0.15) is 114 Å². The average molecular weight is 565 g/mol. The fourth-order valence-corrected chi connectivity index (χ4v) is 6.72. The molecule has 0 aromatic heterocycles. The zero-order valence-corrected chi connectivity index (χ0v) is 25.8. The van der Waals surface area contributed by atoms with Crippen molar-refractivity contribution in [2.24, 2.45) is 16.7 Å². The van der Waals surface area contributed by atoms with Crippen LogP contribution in [0, 0.1) is 16.7 Å². The molecule has 0 aliphatic heterocycles. The van der Waals surface area contributed by atoms with Gasteiger partial charge in [0.2, 0.25) is 0 Å². The minimum atomic E-state index is -0.993. The monoisotopic (exact) mass is 564 g/mol. The highest BCUT2D eigenvalue weighted by Crippen LogP contribution is 2.57. The molecule has 1 aliphatic carbocycles. The van der Waals surface area contributed by atoms with E-state index in [1.54, 1.807) is 0 Å². The van der Waals surface area contributed by atoms with E-state index in [2.05, 4.69) is 26.0 Å². The lowest BCUT2D eigenvalue weighted by Gasteiger charge is -2.50. The molecule has 0 amide bonds. The van der Waals surface area contributed by atoms with Gasteiger partial charge >= 0.3 is 5.97 Å². The van der Waals surface area contributed by atoms with Crippen LogP contribution in [0.15, 0.2) is 42.5 Å². The fraction of sp³-hybridized carbons (Fsp3) is 0.571. The van der Waals surface area contributed by atoms with Gasteiger partial charge in [-0.3, -0.25) is 14.4 Å². The molecule has 6 heteroatoms. The lowest BCUT2D eigenvalue weighted by molar-refractivity contribution is -0.167. The molecule has 0 heterocycles. The number of aryl methyl sites for hydroxylation is 1. The molecule has 0 radical (unpaired) electrons. The molecular formula is C35H48O6. The van der Waals surface area contributed by atoms with Gasteiger partial charge in [0, 0.05) is 18.8 Å². The van der Waals surface area contributed by atoms with E-state index >= 15 is 0 Å². The number of rotatable bonds is 17. The molecule has 224 valence electrons. The number of carbonyl (C=O) groups excluding carboxylic acids is 2. The van der Waals surface area contributed by atoms with E-state index in [4.69, 9.17) is 9.47 Å². The molecule has 2 unspecified atom stereocenters. The molecule has 2 aromatic rings. The van der Waals surface area contributed by atoms with Crippen LogP contribution >= 0.6 is 0 Å². The zero-order chi connectivity index (χ0) is 30.2. The number of unbranched alkanes of at least 4 members (excludes halogenated alkanes) is 1. The minimum Gasteiger partial charge on any atom is -0.493 e. The summed E-state index contributed by atoms with van der Waals surface area (Å²) in [4.78, 5) is 39.2. The van der Waals surface area contributed by atoms with Gasteiger partial charge in [-0.15, -0.1) is 0 Å². The molecule has 0 bridgehead atoms. The summed E-state index contributed by atoms with van der Waals surface area (Å²) in [5.41, 5.74) is 1.51. The van der Waals surface area contributed by atoms with Gasteiger partial charge in [-0.05, 0) is 80.5 Å². The van der Waals surface area contributed by atoms with Crippen molar-refractivity contribution < 1.29 is 29.0 Å². The molecule has 1 aliphatic rings. The maximum absolute atomic E-state index is 14.0. The second-order valence-electron chi connectivity index (χ2n) is 12.4. The van der Waals surface area contributed by atoms with E-state index in [-0.39, 0.29) is 35.2 Å². The Morgan fingerprint density at radius 2 is 1.51 bits per heavy atom. The van der Waals surface area contributed by atoms with E-state index in [0.717, 1.165) is 24.8 Å². The maximum Gasteiger partial charge on any atom is 0.310 e. The third-order valence-electron chi connectivity index (χ3n) is 8.50. The maximum atomic E-state index is 14.0. The van der Waals surface area contributed by atoms with Crippen LogP contribution in [-0.2, 0) is 16.0 Å². The Labute approximate surface area is 245 Å². The summed E-state index contributed by atoms with van der Waals surface area (Å²) in [6, 6.07) is 14.1. The minimum absolute atomic E-state index is 0.000239. The highest BCUT2D eigenvalue weighted by Gasteiger charge is 2.55. The van der Waals surface area contributed by atoms with Crippen molar-refractivity contribution in [2.45, 2.75) is 98.8 Å². The van der Waals surface area contributed by atoms with Crippen LogP contribution in [-0.4, -0.2) is 35.9 Å². The topological polar surface area (TPSA) is 89.9 Å². The van der Waals surface area contributed by atoms with Crippen molar-refractivity contribution in [1.29, 1.82) is 0 Å². The molecule has 41 heavy (non-hydrogen) atoms. The molecule has 3 rings (SSSR count). The SMILES string of the molecule is CCOc1cc(C(C)C(CCCCc2ccccc2)C(=O)CC2(C(=O)O)CC(C)(C)C2)cc(OCC)c1C(=O)CC. The molecule has 1 saturated carbocycles. The number of aliphatic carboxylic acids is 1. The van der Waals surface area contributed by atoms with Gasteiger partial charge in [0.15, 0.2) is 5.78 Å². The van der Waals surface area contributed by atoms with Gasteiger partial charge in [-0.25, -0.2) is 0 Å². The van der Waals surface area contributed by atoms with Crippen LogP contribution in [0.3, 0.4) is 0 Å². The molecule has 0 saturated heterocycles. The second kappa shape index (κ2) is 14.2. The Kier molecular flexibility index (Phi) is 11.2. The number of ether oxygens (including phenoxy) is 2. The Balaban J connectivity index is 1.93. The summed E-state index contributed by atoms with van der Waals surface area (Å²) in [7, 11) is 0. The molecule has 6 nitrogen and oxygen atoms in total. The molecule has 1 fully saturated rings. The van der Waals surface area contributed by atoms with Crippen molar-refractivity contribution in [3.63, 3.8) is 0 Å². The van der Waals surface area contributed by atoms with Crippen LogP contribution in [0.4, 0.5) is 0 Å². The van der Waals surface area contributed by atoms with Gasteiger partial charge < -0.3 is 14.6 Å². The van der Waals surface area contributed by atoms with Crippen molar-refractivity contribution in [3.8, 4) is 11.5 Å². The first-order chi connectivity index (χ1) is 19.5. The molecule has 2 atom stereocenters. The lowest BCUT2D eigenvalue weighted by atomic mass is 9.52. The van der Waals surface area contributed by atoms with E-state index in [9.17, 15) is 19.5 Å². The standard InChI is InChI=1S/C35H48O6/c1-7-28(36)32-30(40-8-2)19-26(20-31(32)41-9-3)24(4)27(18-14-13-17-25-15-11-10-12-16-25)29(37)21-35(33(38)39)22-34(5,6)23-35/h10-12,15-16,19-20,24,27H,7-9,13-14,17-18,21-23H2,1-6H3,(H,38,39). The lowest BCUT2D eigenvalue weighted by Crippen LogP contribution is -2.50. The summed E-state index contributed by atoms with van der Waals surface area (Å²) in [6.45, 7) is 12.5. The van der Waals surface area contributed by atoms with E-state index < -0.39 is 11.4 Å². The predicted molar refractivity (Wildman–Crippen MR) is 162 cm³/mol. The smallest absolute Gasteiger partial charge is 0.310 e. The van der Waals surface area contributed by atoms with Crippen molar-refractivity contribution in [2.75, 3.05) is 13.2 Å². The number of hydrogen-bond acceptors (Lipinski definition) is 5. The summed E-state index contributed by atoms with van der Waals surface area (Å²) >= 11 is 0. The summed E-state index contributed by atoms with van der Waals surface area (Å²) in [6.07, 6.45) is 4.77. The summed E-state index contributed by atoms with van der Waals surface area (Å²) < 4.78 is 11.8. The normalized spacial score (nSPS) is 16.7. The molecule has 0 spiro atoms. The van der Waals surface area contributed by atoms with E-state index in [1.807, 2.05) is 58.0 Å². The van der Waals surface area contributed by atoms with Crippen molar-refractivity contribution in [1.82, 2.24) is 0 Å². The summed E-state index contributed by atoms with van der Waals surface area (Å²) in [5.74, 6) is -0.541. The number of benzene rings is 2. The highest BCUT2D eigenvalue weighted by atomic mass is 16.5. The first-order valence-corrected chi connectivity index (χ1v) is 15.2. The zero-order valence-electron chi connectivity index (χ0n) is 25.8. The Morgan fingerprint density at radius 3 is 2.00 bits per heavy atom. The van der Waals surface area contributed by atoms with E-state index in [1.165, 1.54) is 5.56 Å². The van der Waals surface area contributed by atoms with Crippen LogP contribution in [0.5, 0.6) is 11.5 Å². The van der Waals surface area contributed by atoms with Gasteiger partial charge in [0.25, 0.3) is 0 Å². The highest BCUT2D eigenvalue weighted by molar-refractivity contribution is 6.01. The largest absolute Gasteiger partial charge is 0.493 e. The number of carboxylic acid groups (broad SMARTS) is 1. The molecule has 2 aromatic carbocycles. The number of ketones is 2. The number of Topliss-reactive ketones (excluding diaryl/α,β-unsaturated/α-hetero) is 2. The van der Waals surface area contributed by atoms with E-state index in [0.29, 0.717) is 56.0 Å². The first-order valence-electron chi connectivity index (χ1n) is 15.2. The van der Waals surface area contributed by atoms with Crippen molar-refractivity contribution >= 4 is 17.5 Å². The molecule has 1 N–H and O–H groups in total. The molecular weight excluding hydrogens is 516 g/mol. The van der Waals surface area contributed by atoms with Gasteiger partial charge in [0.05, 0.1) is 18.6 Å². The Hall–Kier alpha value is -3.15. The first kappa shape index (κ1) is 32.4. The third-order valence-corrected chi connectivity index (χ3v) is 8.50.